The van der Waals surface area contributed by atoms with E-state index in [-0.39, 0.29) is 5.69 Å². The van der Waals surface area contributed by atoms with E-state index in [4.69, 9.17) is 4.74 Å². The predicted molar refractivity (Wildman–Crippen MR) is 82.0 cm³/mol. The minimum absolute atomic E-state index is 0.0585. The van der Waals surface area contributed by atoms with Gasteiger partial charge in [0.15, 0.2) is 0 Å². The second kappa shape index (κ2) is 7.85. The minimum Gasteiger partial charge on any atom is -0.497 e. The van der Waals surface area contributed by atoms with Gasteiger partial charge in [-0.3, -0.25) is 14.6 Å². The summed E-state index contributed by atoms with van der Waals surface area (Å²) in [5, 5.41) is 14.3. The summed E-state index contributed by atoms with van der Waals surface area (Å²) < 4.78 is 5.02. The summed E-state index contributed by atoms with van der Waals surface area (Å²) in [7, 11) is 1.54. The van der Waals surface area contributed by atoms with Crippen LogP contribution in [0, 0.1) is 0 Å². The number of aromatic nitrogens is 2. The number of anilines is 1. The Kier molecular flexibility index (Phi) is 5.59. The van der Waals surface area contributed by atoms with E-state index in [1.807, 2.05) is 0 Å². The summed E-state index contributed by atoms with van der Waals surface area (Å²) in [6.45, 7) is -0.548. The van der Waals surface area contributed by atoms with Crippen molar-refractivity contribution in [1.29, 1.82) is 0 Å². The Morgan fingerprint density at radius 2 is 2.00 bits per heavy atom. The lowest BCUT2D eigenvalue weighted by molar-refractivity contribution is -0.118. The van der Waals surface area contributed by atoms with Crippen LogP contribution in [0.4, 0.5) is 5.69 Å². The molecular weight excluding hydrogens is 300 g/mol. The first-order chi connectivity index (χ1) is 11.1. The van der Waals surface area contributed by atoms with Gasteiger partial charge in [0.1, 0.15) is 17.5 Å². The number of methoxy groups -OCH3 is 1. The maximum atomic E-state index is 12.1. The van der Waals surface area contributed by atoms with Crippen molar-refractivity contribution >= 4 is 17.5 Å². The molecule has 1 atom stereocenters. The van der Waals surface area contributed by atoms with Gasteiger partial charge >= 0.3 is 0 Å². The number of carbonyl (C=O) groups is 2. The van der Waals surface area contributed by atoms with Gasteiger partial charge in [-0.1, -0.05) is 0 Å². The molecule has 120 valence electrons. The van der Waals surface area contributed by atoms with Crippen molar-refractivity contribution < 1.29 is 19.4 Å². The maximum Gasteiger partial charge on any atom is 0.272 e. The van der Waals surface area contributed by atoms with Gasteiger partial charge in [-0.15, -0.1) is 0 Å². The Morgan fingerprint density at radius 3 is 2.57 bits per heavy atom. The third kappa shape index (κ3) is 4.48. The normalized spacial score (nSPS) is 11.4. The molecule has 0 radical (unpaired) electrons. The molecular formula is C15H16N4O4. The van der Waals surface area contributed by atoms with Crippen LogP contribution < -0.4 is 15.4 Å². The van der Waals surface area contributed by atoms with Gasteiger partial charge < -0.3 is 20.5 Å². The topological polar surface area (TPSA) is 113 Å². The highest BCUT2D eigenvalue weighted by molar-refractivity contribution is 6.00. The highest BCUT2D eigenvalue weighted by atomic mass is 16.5. The Balaban J connectivity index is 1.99. The van der Waals surface area contributed by atoms with Crippen molar-refractivity contribution in [3.63, 3.8) is 0 Å². The van der Waals surface area contributed by atoms with Crippen LogP contribution in [-0.2, 0) is 4.79 Å². The molecule has 0 bridgehead atoms. The molecule has 0 fully saturated rings. The standard InChI is InChI=1S/C15H16N4O4/c1-23-11-4-2-10(3-5-11)18-15(22)13(9-20)19-14(21)12-8-16-6-7-17-12/h2-8,13,20H,9H2,1H3,(H,18,22)(H,19,21)/t13-/m0/s1. The summed E-state index contributed by atoms with van der Waals surface area (Å²) >= 11 is 0. The summed E-state index contributed by atoms with van der Waals surface area (Å²) in [5.41, 5.74) is 0.575. The van der Waals surface area contributed by atoms with Crippen LogP contribution in [0.5, 0.6) is 5.75 Å². The molecule has 8 heteroatoms. The molecule has 2 rings (SSSR count). The lowest BCUT2D eigenvalue weighted by atomic mass is 10.2. The number of ether oxygens (including phenoxy) is 1. The van der Waals surface area contributed by atoms with Crippen molar-refractivity contribution in [3.05, 3.63) is 48.5 Å². The smallest absolute Gasteiger partial charge is 0.272 e. The van der Waals surface area contributed by atoms with Gasteiger partial charge in [-0.2, -0.15) is 0 Å². The average Bonchev–Trinajstić information content (AvgIpc) is 2.60. The SMILES string of the molecule is COc1ccc(NC(=O)[C@H](CO)NC(=O)c2cnccn2)cc1. The largest absolute Gasteiger partial charge is 0.497 e. The molecule has 0 aliphatic rings. The van der Waals surface area contributed by atoms with E-state index in [1.54, 1.807) is 24.3 Å². The van der Waals surface area contributed by atoms with Crippen LogP contribution in [0.15, 0.2) is 42.9 Å². The van der Waals surface area contributed by atoms with Crippen molar-refractivity contribution in [2.24, 2.45) is 0 Å². The molecule has 0 saturated heterocycles. The Bertz CT molecular complexity index is 661. The van der Waals surface area contributed by atoms with Crippen LogP contribution in [0.25, 0.3) is 0 Å². The van der Waals surface area contributed by atoms with E-state index in [0.717, 1.165) is 0 Å². The van der Waals surface area contributed by atoms with Crippen molar-refractivity contribution in [2.75, 3.05) is 19.0 Å². The first-order valence-corrected chi connectivity index (χ1v) is 6.76. The molecule has 2 aromatic rings. The number of aliphatic hydroxyl groups is 1. The van der Waals surface area contributed by atoms with Crippen LogP contribution in [0.3, 0.4) is 0 Å². The molecule has 0 spiro atoms. The van der Waals surface area contributed by atoms with E-state index >= 15 is 0 Å². The molecule has 1 aromatic heterocycles. The van der Waals surface area contributed by atoms with E-state index in [1.165, 1.54) is 25.7 Å². The van der Waals surface area contributed by atoms with Gasteiger partial charge in [0.05, 0.1) is 19.9 Å². The number of amides is 2. The number of hydrogen-bond donors (Lipinski definition) is 3. The molecule has 2 amide bonds. The number of rotatable bonds is 6. The summed E-state index contributed by atoms with van der Waals surface area (Å²) in [4.78, 5) is 31.6. The second-order valence-corrected chi connectivity index (χ2v) is 4.52. The molecule has 3 N–H and O–H groups in total. The molecule has 0 aliphatic heterocycles. The first kappa shape index (κ1) is 16.4. The summed E-state index contributed by atoms with van der Waals surface area (Å²) in [5.74, 6) is -0.491. The fourth-order valence-electron chi connectivity index (χ4n) is 1.75. The van der Waals surface area contributed by atoms with Gasteiger partial charge in [-0.05, 0) is 24.3 Å². The number of aliphatic hydroxyl groups excluding tert-OH is 1. The van der Waals surface area contributed by atoms with Gasteiger partial charge in [-0.25, -0.2) is 4.98 Å². The van der Waals surface area contributed by atoms with Gasteiger partial charge in [0.25, 0.3) is 5.91 Å². The Morgan fingerprint density at radius 1 is 1.26 bits per heavy atom. The van der Waals surface area contributed by atoms with E-state index in [0.29, 0.717) is 11.4 Å². The summed E-state index contributed by atoms with van der Waals surface area (Å²) in [6, 6.07) is 5.56. The average molecular weight is 316 g/mol. The van der Waals surface area contributed by atoms with Crippen molar-refractivity contribution in [1.82, 2.24) is 15.3 Å². The molecule has 0 saturated carbocycles. The lowest BCUT2D eigenvalue weighted by Crippen LogP contribution is -2.46. The quantitative estimate of drug-likeness (QED) is 0.702. The minimum atomic E-state index is -1.10. The zero-order chi connectivity index (χ0) is 16.7. The first-order valence-electron chi connectivity index (χ1n) is 6.76. The van der Waals surface area contributed by atoms with Crippen LogP contribution in [0.1, 0.15) is 10.5 Å². The molecule has 23 heavy (non-hydrogen) atoms. The number of nitrogens with zero attached hydrogens (tertiary/aromatic N) is 2. The van der Waals surface area contributed by atoms with E-state index in [9.17, 15) is 14.7 Å². The number of hydrogen-bond acceptors (Lipinski definition) is 6. The lowest BCUT2D eigenvalue weighted by Gasteiger charge is -2.16. The summed E-state index contributed by atoms with van der Waals surface area (Å²) in [6.07, 6.45) is 4.06. The zero-order valence-corrected chi connectivity index (χ0v) is 12.4. The van der Waals surface area contributed by atoms with Crippen LogP contribution >= 0.6 is 0 Å². The Labute approximate surface area is 132 Å². The van der Waals surface area contributed by atoms with Crippen molar-refractivity contribution in [3.8, 4) is 5.75 Å². The molecule has 1 aromatic carbocycles. The number of benzene rings is 1. The highest BCUT2D eigenvalue weighted by Crippen LogP contribution is 2.15. The molecule has 8 nitrogen and oxygen atoms in total. The number of carbonyl (C=O) groups excluding carboxylic acids is 2. The molecule has 0 unspecified atom stereocenters. The van der Waals surface area contributed by atoms with E-state index in [2.05, 4.69) is 20.6 Å². The van der Waals surface area contributed by atoms with Gasteiger partial charge in [0.2, 0.25) is 5.91 Å². The maximum absolute atomic E-state index is 12.1. The second-order valence-electron chi connectivity index (χ2n) is 4.52. The monoisotopic (exact) mass is 316 g/mol. The van der Waals surface area contributed by atoms with Crippen LogP contribution in [-0.4, -0.2) is 46.6 Å². The fraction of sp³-hybridized carbons (Fsp3) is 0.200. The predicted octanol–water partition coefficient (Wildman–Crippen LogP) is 0.215. The highest BCUT2D eigenvalue weighted by Gasteiger charge is 2.21. The zero-order valence-electron chi connectivity index (χ0n) is 12.4. The molecule has 0 aliphatic carbocycles. The van der Waals surface area contributed by atoms with Crippen LogP contribution in [0.2, 0.25) is 0 Å². The Hall–Kier alpha value is -3.00. The number of nitrogens with one attached hydrogen (secondary N) is 2. The fourth-order valence-corrected chi connectivity index (χ4v) is 1.75. The van der Waals surface area contributed by atoms with Gasteiger partial charge in [0, 0.05) is 18.1 Å². The van der Waals surface area contributed by atoms with E-state index < -0.39 is 24.5 Å². The molecule has 1 heterocycles. The third-order valence-electron chi connectivity index (χ3n) is 2.96. The third-order valence-corrected chi connectivity index (χ3v) is 2.96. The van der Waals surface area contributed by atoms with Crippen molar-refractivity contribution in [2.45, 2.75) is 6.04 Å².